The van der Waals surface area contributed by atoms with Crippen molar-refractivity contribution in [3.63, 3.8) is 0 Å². The van der Waals surface area contributed by atoms with Gasteiger partial charge >= 0.3 is 6.09 Å². The predicted molar refractivity (Wildman–Crippen MR) is 147 cm³/mol. The van der Waals surface area contributed by atoms with Gasteiger partial charge in [0.1, 0.15) is 5.60 Å². The maximum Gasteiger partial charge on any atom is 0.417 e. The fourth-order valence-corrected chi connectivity index (χ4v) is 5.62. The Morgan fingerprint density at radius 3 is 1.92 bits per heavy atom. The highest BCUT2D eigenvalue weighted by Gasteiger charge is 2.53. The number of carbonyl (C=O) groups is 2. The van der Waals surface area contributed by atoms with E-state index < -0.39 is 17.6 Å². The van der Waals surface area contributed by atoms with Gasteiger partial charge in [-0.05, 0) is 43.4 Å². The maximum absolute atomic E-state index is 14.3. The Morgan fingerprint density at radius 1 is 0.865 bits per heavy atom. The monoisotopic (exact) mass is 498 g/mol. The third kappa shape index (κ3) is 5.94. The fourth-order valence-electron chi connectivity index (χ4n) is 5.62. The molecule has 4 rings (SSSR count). The molecule has 0 spiro atoms. The van der Waals surface area contributed by atoms with Gasteiger partial charge in [-0.25, -0.2) is 9.69 Å². The summed E-state index contributed by atoms with van der Waals surface area (Å²) in [5, 5.41) is 0. The zero-order valence-electron chi connectivity index (χ0n) is 22.5. The van der Waals surface area contributed by atoms with Crippen molar-refractivity contribution in [2.75, 3.05) is 6.54 Å². The number of amides is 2. The van der Waals surface area contributed by atoms with E-state index in [2.05, 4.69) is 36.1 Å². The molecule has 0 aliphatic carbocycles. The van der Waals surface area contributed by atoms with Gasteiger partial charge in [0.15, 0.2) is 0 Å². The lowest BCUT2D eigenvalue weighted by Crippen LogP contribution is -2.50. The van der Waals surface area contributed by atoms with Crippen molar-refractivity contribution in [1.29, 1.82) is 0 Å². The first-order valence-electron chi connectivity index (χ1n) is 13.1. The molecule has 0 saturated carbocycles. The summed E-state index contributed by atoms with van der Waals surface area (Å²) < 4.78 is 5.71. The zero-order valence-corrected chi connectivity index (χ0v) is 22.5. The lowest BCUT2D eigenvalue weighted by Gasteiger charge is -2.36. The average Bonchev–Trinajstić information content (AvgIpc) is 3.15. The Bertz CT molecular complexity index is 1180. The summed E-state index contributed by atoms with van der Waals surface area (Å²) in [7, 11) is 0. The van der Waals surface area contributed by atoms with Crippen molar-refractivity contribution in [2.24, 2.45) is 5.92 Å². The van der Waals surface area contributed by atoms with E-state index in [1.54, 1.807) is 0 Å². The molecule has 5 nitrogen and oxygen atoms in total. The van der Waals surface area contributed by atoms with Crippen molar-refractivity contribution in [3.8, 4) is 0 Å². The van der Waals surface area contributed by atoms with E-state index in [-0.39, 0.29) is 23.9 Å². The number of ether oxygens (including phenoxy) is 1. The molecule has 0 bridgehead atoms. The number of carbonyl (C=O) groups excluding carboxylic acids is 2. The lowest BCUT2D eigenvalue weighted by atomic mass is 9.87. The van der Waals surface area contributed by atoms with E-state index in [9.17, 15) is 9.59 Å². The van der Waals surface area contributed by atoms with E-state index in [4.69, 9.17) is 4.74 Å². The highest BCUT2D eigenvalue weighted by atomic mass is 16.6. The molecular weight excluding hydrogens is 460 g/mol. The van der Waals surface area contributed by atoms with E-state index in [1.165, 1.54) is 16.0 Å². The molecule has 1 heterocycles. The molecule has 1 aliphatic rings. The molecule has 5 heteroatoms. The molecule has 2 amide bonds. The van der Waals surface area contributed by atoms with Crippen molar-refractivity contribution < 1.29 is 14.3 Å². The number of hydrogen-bond acceptors (Lipinski definition) is 4. The van der Waals surface area contributed by atoms with Gasteiger partial charge in [-0.1, -0.05) is 105 Å². The van der Waals surface area contributed by atoms with Crippen LogP contribution in [-0.4, -0.2) is 40.0 Å². The van der Waals surface area contributed by atoms with Crippen molar-refractivity contribution >= 4 is 12.0 Å². The third-order valence-electron chi connectivity index (χ3n) is 7.38. The molecule has 3 aromatic rings. The average molecular weight is 499 g/mol. The molecule has 1 fully saturated rings. The molecule has 1 saturated heterocycles. The molecule has 1 aliphatic heterocycles. The van der Waals surface area contributed by atoms with Crippen LogP contribution >= 0.6 is 0 Å². The molecular formula is C32H38N2O3. The van der Waals surface area contributed by atoms with Gasteiger partial charge in [0, 0.05) is 19.1 Å². The quantitative estimate of drug-likeness (QED) is 0.325. The number of imide groups is 1. The first-order chi connectivity index (χ1) is 17.7. The standard InChI is InChI=1S/C32H38N2O3/c1-23(2)29-32(4,5)37-31(36)34(29)30(35)28(27-19-13-8-14-20-27)22-33(21-25-15-9-6-10-16-25)24(3)26-17-11-7-12-18-26/h6-20,23-24,28-29H,21-22H2,1-5H3/t24-,28-,29+/m1/s1. The van der Waals surface area contributed by atoms with E-state index in [1.807, 2.05) is 94.4 Å². The minimum atomic E-state index is -0.747. The highest BCUT2D eigenvalue weighted by Crippen LogP contribution is 2.37. The second-order valence-electron chi connectivity index (χ2n) is 10.8. The van der Waals surface area contributed by atoms with Gasteiger partial charge in [0.25, 0.3) is 0 Å². The number of rotatable bonds is 9. The van der Waals surface area contributed by atoms with Crippen LogP contribution in [0.25, 0.3) is 0 Å². The minimum absolute atomic E-state index is 0.0586. The van der Waals surface area contributed by atoms with Crippen LogP contribution in [-0.2, 0) is 16.1 Å². The summed E-state index contributed by atoms with van der Waals surface area (Å²) >= 11 is 0. The molecule has 194 valence electrons. The molecule has 0 radical (unpaired) electrons. The van der Waals surface area contributed by atoms with Crippen LogP contribution in [0.2, 0.25) is 0 Å². The van der Waals surface area contributed by atoms with Gasteiger partial charge in [0.2, 0.25) is 5.91 Å². The smallest absolute Gasteiger partial charge is 0.417 e. The second kappa shape index (κ2) is 11.3. The molecule has 37 heavy (non-hydrogen) atoms. The van der Waals surface area contributed by atoms with Crippen LogP contribution in [0.3, 0.4) is 0 Å². The number of cyclic esters (lactones) is 1. The van der Waals surface area contributed by atoms with Gasteiger partial charge < -0.3 is 4.74 Å². The number of nitrogens with zero attached hydrogens (tertiary/aromatic N) is 2. The summed E-state index contributed by atoms with van der Waals surface area (Å²) in [4.78, 5) is 31.1. The molecule has 3 atom stereocenters. The van der Waals surface area contributed by atoms with Crippen molar-refractivity contribution in [2.45, 2.75) is 64.8 Å². The normalized spacial score (nSPS) is 18.6. The van der Waals surface area contributed by atoms with Crippen LogP contribution in [0, 0.1) is 5.92 Å². The molecule has 0 N–H and O–H groups in total. The Hall–Kier alpha value is -3.44. The van der Waals surface area contributed by atoms with Crippen LogP contribution in [0.1, 0.15) is 63.3 Å². The Kier molecular flexibility index (Phi) is 8.13. The zero-order chi connectivity index (χ0) is 26.6. The summed E-state index contributed by atoms with van der Waals surface area (Å²) in [5.41, 5.74) is 2.50. The largest absolute Gasteiger partial charge is 0.441 e. The fraction of sp³-hybridized carbons (Fsp3) is 0.375. The minimum Gasteiger partial charge on any atom is -0.441 e. The van der Waals surface area contributed by atoms with E-state index in [0.29, 0.717) is 13.1 Å². The summed E-state index contributed by atoms with van der Waals surface area (Å²) in [6.45, 7) is 11.2. The Labute approximate surface area is 221 Å². The topological polar surface area (TPSA) is 49.9 Å². The number of hydrogen-bond donors (Lipinski definition) is 0. The molecule has 0 aromatic heterocycles. The summed E-state index contributed by atoms with van der Waals surface area (Å²) in [5.74, 6) is -0.678. The van der Waals surface area contributed by atoms with E-state index in [0.717, 1.165) is 5.56 Å². The first kappa shape index (κ1) is 26.6. The summed E-state index contributed by atoms with van der Waals surface area (Å²) in [6, 6.07) is 30.2. The maximum atomic E-state index is 14.3. The van der Waals surface area contributed by atoms with Gasteiger partial charge in [0.05, 0.1) is 12.0 Å². The van der Waals surface area contributed by atoms with Gasteiger partial charge in [-0.2, -0.15) is 0 Å². The van der Waals surface area contributed by atoms with Crippen molar-refractivity contribution in [3.05, 3.63) is 108 Å². The number of benzene rings is 3. The van der Waals surface area contributed by atoms with Gasteiger partial charge in [-0.3, -0.25) is 9.69 Å². The van der Waals surface area contributed by atoms with Crippen LogP contribution in [0.5, 0.6) is 0 Å². The summed E-state index contributed by atoms with van der Waals surface area (Å²) in [6.07, 6.45) is -0.555. The third-order valence-corrected chi connectivity index (χ3v) is 7.38. The van der Waals surface area contributed by atoms with Crippen LogP contribution < -0.4 is 0 Å². The van der Waals surface area contributed by atoms with E-state index >= 15 is 0 Å². The Morgan fingerprint density at radius 2 is 1.38 bits per heavy atom. The highest BCUT2D eigenvalue weighted by molar-refractivity contribution is 5.98. The van der Waals surface area contributed by atoms with Crippen molar-refractivity contribution in [1.82, 2.24) is 9.80 Å². The second-order valence-corrected chi connectivity index (χ2v) is 10.8. The molecule has 3 aromatic carbocycles. The van der Waals surface area contributed by atoms with Crippen LogP contribution in [0.4, 0.5) is 4.79 Å². The lowest BCUT2D eigenvalue weighted by molar-refractivity contribution is -0.132. The SMILES string of the molecule is CC(C)[C@@H]1N(C(=O)[C@H](CN(Cc2ccccc2)[C@H](C)c2ccccc2)c2ccccc2)C(=O)OC1(C)C. The first-order valence-corrected chi connectivity index (χ1v) is 13.1. The van der Waals surface area contributed by atoms with Crippen LogP contribution in [0.15, 0.2) is 91.0 Å². The van der Waals surface area contributed by atoms with Gasteiger partial charge in [-0.15, -0.1) is 0 Å². The molecule has 0 unspecified atom stereocenters. The predicted octanol–water partition coefficient (Wildman–Crippen LogP) is 6.82. The Balaban J connectivity index is 1.73.